The van der Waals surface area contributed by atoms with Crippen molar-refractivity contribution in [3.05, 3.63) is 41.3 Å². The highest BCUT2D eigenvalue weighted by Crippen LogP contribution is 2.28. The number of hydrogen-bond acceptors (Lipinski definition) is 5. The van der Waals surface area contributed by atoms with Crippen LogP contribution in [0.4, 0.5) is 10.3 Å². The molecule has 1 aromatic carbocycles. The van der Waals surface area contributed by atoms with E-state index in [4.69, 9.17) is 4.74 Å². The zero-order valence-corrected chi connectivity index (χ0v) is 14.6. The van der Waals surface area contributed by atoms with Gasteiger partial charge in [-0.15, -0.1) is 0 Å². The van der Waals surface area contributed by atoms with Crippen LogP contribution in [-0.2, 0) is 4.74 Å². The molecule has 0 unspecified atom stereocenters. The number of ether oxygens (including phenoxy) is 1. The molecule has 0 saturated carbocycles. The molecule has 3 rings (SSSR count). The minimum Gasteiger partial charge on any atom is -0.462 e. The van der Waals surface area contributed by atoms with Gasteiger partial charge in [0.15, 0.2) is 0 Å². The smallest absolute Gasteiger partial charge is 0.342 e. The third kappa shape index (κ3) is 3.78. The molecule has 6 heteroatoms. The molecule has 5 nitrogen and oxygen atoms in total. The number of carbonyl (C=O) groups excluding carboxylic acids is 1. The lowest BCUT2D eigenvalue weighted by Crippen LogP contribution is -2.31. The first-order valence-electron chi connectivity index (χ1n) is 8.66. The van der Waals surface area contributed by atoms with Crippen molar-refractivity contribution in [1.82, 2.24) is 9.97 Å². The van der Waals surface area contributed by atoms with E-state index in [1.807, 2.05) is 0 Å². The third-order valence-corrected chi connectivity index (χ3v) is 4.31. The summed E-state index contributed by atoms with van der Waals surface area (Å²) >= 11 is 0. The fraction of sp³-hybridized carbons (Fsp3) is 0.421. The highest BCUT2D eigenvalue weighted by Gasteiger charge is 2.23. The second kappa shape index (κ2) is 7.59. The third-order valence-electron chi connectivity index (χ3n) is 4.31. The molecular weight excluding hydrogens is 321 g/mol. The summed E-state index contributed by atoms with van der Waals surface area (Å²) in [5.74, 6) is -0.169. The summed E-state index contributed by atoms with van der Waals surface area (Å²) < 4.78 is 18.5. The van der Waals surface area contributed by atoms with E-state index in [1.165, 1.54) is 18.6 Å². The molecule has 1 aliphatic heterocycles. The number of anilines is 1. The predicted molar refractivity (Wildman–Crippen MR) is 94.2 cm³/mol. The first-order valence-corrected chi connectivity index (χ1v) is 8.66. The summed E-state index contributed by atoms with van der Waals surface area (Å²) in [7, 11) is 0. The van der Waals surface area contributed by atoms with E-state index in [0.29, 0.717) is 28.5 Å². The molecule has 0 spiro atoms. The predicted octanol–water partition coefficient (Wildman–Crippen LogP) is 3.76. The molecule has 132 valence electrons. The van der Waals surface area contributed by atoms with E-state index in [2.05, 4.69) is 14.9 Å². The fourth-order valence-corrected chi connectivity index (χ4v) is 3.06. The number of aromatic nitrogens is 2. The van der Waals surface area contributed by atoms with Crippen molar-refractivity contribution >= 4 is 11.9 Å². The Bertz CT molecular complexity index is 756. The second-order valence-electron chi connectivity index (χ2n) is 6.11. The molecule has 25 heavy (non-hydrogen) atoms. The zero-order chi connectivity index (χ0) is 17.8. The molecule has 1 fully saturated rings. The topological polar surface area (TPSA) is 55.3 Å². The Balaban J connectivity index is 2.10. The van der Waals surface area contributed by atoms with Gasteiger partial charge in [-0.1, -0.05) is 0 Å². The van der Waals surface area contributed by atoms with Crippen LogP contribution in [0.2, 0.25) is 0 Å². The van der Waals surface area contributed by atoms with E-state index < -0.39 is 5.97 Å². The fourth-order valence-electron chi connectivity index (χ4n) is 3.06. The van der Waals surface area contributed by atoms with Crippen LogP contribution in [0.25, 0.3) is 11.3 Å². The minimum atomic E-state index is -0.454. The van der Waals surface area contributed by atoms with Gasteiger partial charge in [-0.25, -0.2) is 19.2 Å². The lowest BCUT2D eigenvalue weighted by molar-refractivity contribution is 0.0525. The van der Waals surface area contributed by atoms with E-state index in [9.17, 15) is 9.18 Å². The number of halogens is 1. The number of rotatable bonds is 4. The van der Waals surface area contributed by atoms with Crippen LogP contribution in [0.3, 0.4) is 0 Å². The molecule has 2 aromatic rings. The molecule has 0 bridgehead atoms. The van der Waals surface area contributed by atoms with E-state index >= 15 is 0 Å². The summed E-state index contributed by atoms with van der Waals surface area (Å²) in [6.07, 6.45) is 3.42. The standard InChI is InChI=1S/C19H22FN3O2/c1-3-25-18(24)16-13(2)21-19(23-11-5-4-6-12-23)22-17(16)14-7-9-15(20)10-8-14/h7-10H,3-6,11-12H2,1-2H3. The largest absolute Gasteiger partial charge is 0.462 e. The normalized spacial score (nSPS) is 14.4. The zero-order valence-electron chi connectivity index (χ0n) is 14.6. The van der Waals surface area contributed by atoms with Crippen molar-refractivity contribution in [3.63, 3.8) is 0 Å². The maximum absolute atomic E-state index is 13.3. The molecule has 0 aliphatic carbocycles. The maximum atomic E-state index is 13.3. The molecular formula is C19H22FN3O2. The molecule has 0 atom stereocenters. The maximum Gasteiger partial charge on any atom is 0.342 e. The Morgan fingerprint density at radius 1 is 1.16 bits per heavy atom. The molecule has 0 N–H and O–H groups in total. The van der Waals surface area contributed by atoms with Crippen LogP contribution >= 0.6 is 0 Å². The van der Waals surface area contributed by atoms with Gasteiger partial charge in [-0.05, 0) is 57.4 Å². The average molecular weight is 343 g/mol. The van der Waals surface area contributed by atoms with E-state index in [-0.39, 0.29) is 12.4 Å². The van der Waals surface area contributed by atoms with Gasteiger partial charge in [0, 0.05) is 18.7 Å². The highest BCUT2D eigenvalue weighted by atomic mass is 19.1. The molecule has 0 amide bonds. The summed E-state index contributed by atoms with van der Waals surface area (Å²) in [6.45, 7) is 5.62. The summed E-state index contributed by atoms with van der Waals surface area (Å²) in [5.41, 5.74) is 2.09. The Kier molecular flexibility index (Phi) is 5.26. The Morgan fingerprint density at radius 3 is 2.48 bits per heavy atom. The van der Waals surface area contributed by atoms with Crippen LogP contribution in [-0.4, -0.2) is 35.6 Å². The number of hydrogen-bond donors (Lipinski definition) is 0. The minimum absolute atomic E-state index is 0.273. The SMILES string of the molecule is CCOC(=O)c1c(C)nc(N2CCCCC2)nc1-c1ccc(F)cc1. The van der Waals surface area contributed by atoms with E-state index in [1.54, 1.807) is 26.0 Å². The van der Waals surface area contributed by atoms with Gasteiger partial charge >= 0.3 is 5.97 Å². The quantitative estimate of drug-likeness (QED) is 0.791. The van der Waals surface area contributed by atoms with Gasteiger partial charge in [0.2, 0.25) is 5.95 Å². The van der Waals surface area contributed by atoms with E-state index in [0.717, 1.165) is 25.9 Å². The van der Waals surface area contributed by atoms with Gasteiger partial charge in [0.25, 0.3) is 0 Å². The number of carbonyl (C=O) groups is 1. The van der Waals surface area contributed by atoms with Crippen LogP contribution in [0, 0.1) is 12.7 Å². The van der Waals surface area contributed by atoms with Gasteiger partial charge in [-0.2, -0.15) is 0 Å². The summed E-state index contributed by atoms with van der Waals surface area (Å²) in [6, 6.07) is 5.98. The summed E-state index contributed by atoms with van der Waals surface area (Å²) in [5, 5.41) is 0. The first kappa shape index (κ1) is 17.3. The Hall–Kier alpha value is -2.50. The summed E-state index contributed by atoms with van der Waals surface area (Å²) in [4.78, 5) is 23.8. The number of esters is 1. The molecule has 1 aromatic heterocycles. The number of aryl methyl sites for hydroxylation is 1. The van der Waals surface area contributed by atoms with Crippen molar-refractivity contribution in [2.45, 2.75) is 33.1 Å². The molecule has 0 radical (unpaired) electrons. The average Bonchev–Trinajstić information content (AvgIpc) is 2.62. The van der Waals surface area contributed by atoms with Crippen LogP contribution in [0.15, 0.2) is 24.3 Å². The second-order valence-corrected chi connectivity index (χ2v) is 6.11. The molecule has 1 aliphatic rings. The van der Waals surface area contributed by atoms with Gasteiger partial charge < -0.3 is 9.64 Å². The van der Waals surface area contributed by atoms with Crippen molar-refractivity contribution in [3.8, 4) is 11.3 Å². The van der Waals surface area contributed by atoms with Gasteiger partial charge in [0.05, 0.1) is 18.0 Å². The Labute approximate surface area is 146 Å². The number of piperidine rings is 1. The lowest BCUT2D eigenvalue weighted by Gasteiger charge is -2.27. The Morgan fingerprint density at radius 2 is 1.84 bits per heavy atom. The molecule has 1 saturated heterocycles. The number of nitrogens with zero attached hydrogens (tertiary/aromatic N) is 3. The lowest BCUT2D eigenvalue weighted by atomic mass is 10.0. The van der Waals surface area contributed by atoms with Crippen molar-refractivity contribution in [2.24, 2.45) is 0 Å². The monoisotopic (exact) mass is 343 g/mol. The number of benzene rings is 1. The highest BCUT2D eigenvalue weighted by molar-refractivity contribution is 5.97. The van der Waals surface area contributed by atoms with Crippen LogP contribution in [0.5, 0.6) is 0 Å². The van der Waals surface area contributed by atoms with Crippen LogP contribution < -0.4 is 4.90 Å². The molecule has 2 heterocycles. The van der Waals surface area contributed by atoms with Crippen molar-refractivity contribution < 1.29 is 13.9 Å². The van der Waals surface area contributed by atoms with Gasteiger partial charge in [0.1, 0.15) is 11.4 Å². The van der Waals surface area contributed by atoms with Crippen molar-refractivity contribution in [1.29, 1.82) is 0 Å². The first-order chi connectivity index (χ1) is 12.1. The van der Waals surface area contributed by atoms with Gasteiger partial charge in [-0.3, -0.25) is 0 Å². The van der Waals surface area contributed by atoms with Crippen molar-refractivity contribution in [2.75, 3.05) is 24.6 Å². The van der Waals surface area contributed by atoms with Crippen LogP contribution in [0.1, 0.15) is 42.2 Å².